The molecule has 6 nitrogen and oxygen atoms in total. The lowest BCUT2D eigenvalue weighted by molar-refractivity contribution is -0.275. The van der Waals surface area contributed by atoms with Crippen molar-refractivity contribution < 1.29 is 28.4 Å². The fourth-order valence-corrected chi connectivity index (χ4v) is 7.70. The molecule has 0 spiro atoms. The van der Waals surface area contributed by atoms with Crippen LogP contribution in [0, 0.1) is 0 Å². The predicted octanol–water partition coefficient (Wildman–Crippen LogP) is 9.58. The van der Waals surface area contributed by atoms with Gasteiger partial charge < -0.3 is 28.4 Å². The van der Waals surface area contributed by atoms with Crippen LogP contribution in [-0.4, -0.2) is 37.6 Å². The van der Waals surface area contributed by atoms with E-state index in [2.05, 4.69) is 70.5 Å². The number of alkyl halides is 1. The van der Waals surface area contributed by atoms with Gasteiger partial charge >= 0.3 is 0 Å². The Balaban J connectivity index is 1.29. The van der Waals surface area contributed by atoms with Gasteiger partial charge in [0.15, 0.2) is 0 Å². The first kappa shape index (κ1) is 35.9. The average molecular weight is 770 g/mol. The Morgan fingerprint density at radius 2 is 1.12 bits per heavy atom. The van der Waals surface area contributed by atoms with Crippen molar-refractivity contribution in [1.29, 1.82) is 0 Å². The van der Waals surface area contributed by atoms with Gasteiger partial charge in [0.05, 0.1) is 44.7 Å². The van der Waals surface area contributed by atoms with E-state index in [1.165, 1.54) is 0 Å². The molecule has 2 heterocycles. The summed E-state index contributed by atoms with van der Waals surface area (Å²) in [5, 5.41) is 1.20. The zero-order valence-corrected chi connectivity index (χ0v) is 30.7. The molecule has 1 saturated heterocycles. The summed E-state index contributed by atoms with van der Waals surface area (Å²) in [7, 11) is 0. The molecule has 0 amide bonds. The highest BCUT2D eigenvalue weighted by atomic mass is 79.9. The van der Waals surface area contributed by atoms with Crippen LogP contribution in [0.25, 0.3) is 0 Å². The third-order valence-electron chi connectivity index (χ3n) is 9.37. The van der Waals surface area contributed by atoms with Crippen molar-refractivity contribution in [1.82, 2.24) is 0 Å². The summed E-state index contributed by atoms with van der Waals surface area (Å²) in [6, 6.07) is 42.9. The van der Waals surface area contributed by atoms with E-state index in [1.807, 2.05) is 72.8 Å². The fourth-order valence-electron chi connectivity index (χ4n) is 6.80. The molecule has 0 aliphatic carbocycles. The number of hydrogen-bond acceptors (Lipinski definition) is 6. The number of rotatable bonds is 15. The maximum absolute atomic E-state index is 7.19. The van der Waals surface area contributed by atoms with Crippen molar-refractivity contribution in [3.05, 3.63) is 171 Å². The highest BCUT2D eigenvalue weighted by molar-refractivity contribution is 9.08. The minimum atomic E-state index is -0.547. The lowest BCUT2D eigenvalue weighted by Gasteiger charge is -2.47. The third kappa shape index (κ3) is 8.93. The van der Waals surface area contributed by atoms with Gasteiger partial charge in [-0.3, -0.25) is 0 Å². The second kappa shape index (κ2) is 17.8. The van der Waals surface area contributed by atoms with E-state index >= 15 is 0 Å². The van der Waals surface area contributed by atoms with Crippen molar-refractivity contribution in [3.63, 3.8) is 0 Å². The van der Waals surface area contributed by atoms with Crippen LogP contribution >= 0.6 is 27.5 Å². The predicted molar refractivity (Wildman–Crippen MR) is 202 cm³/mol. The molecule has 0 N–H and O–H groups in total. The number of halogens is 2. The third-order valence-corrected chi connectivity index (χ3v) is 10.4. The Kier molecular flexibility index (Phi) is 12.5. The Morgan fingerprint density at radius 1 is 0.627 bits per heavy atom. The van der Waals surface area contributed by atoms with E-state index in [0.29, 0.717) is 50.0 Å². The standard InChI is InChI=1S/C43H42BrClO6/c44-24-34-23-36(35-21-22-47-39(35)38(34)45)40-42(49-27-32-17-9-3-10-18-32)43(50-28-33-19-11-4-12-20-33)41(48-26-31-15-7-2-8-16-31)37(51-40)29-46-25-30-13-5-1-6-14-30/h1-20,23,37,40-43H,21-22,24-29H2/t37-,40+,41-,42+,43+/m1/s1. The Morgan fingerprint density at radius 3 is 1.65 bits per heavy atom. The van der Waals surface area contributed by atoms with Crippen LogP contribution in [0.2, 0.25) is 5.02 Å². The maximum atomic E-state index is 7.19. The van der Waals surface area contributed by atoms with E-state index < -0.39 is 30.5 Å². The molecular formula is C43H42BrClO6. The van der Waals surface area contributed by atoms with Gasteiger partial charge in [0.2, 0.25) is 0 Å². The quantitative estimate of drug-likeness (QED) is 0.0990. The molecule has 0 unspecified atom stereocenters. The van der Waals surface area contributed by atoms with Gasteiger partial charge in [0.25, 0.3) is 0 Å². The van der Waals surface area contributed by atoms with Crippen molar-refractivity contribution in [2.45, 2.75) is 68.7 Å². The minimum absolute atomic E-state index is 0.291. The highest BCUT2D eigenvalue weighted by Crippen LogP contribution is 2.46. The molecule has 7 rings (SSSR count). The molecule has 8 heteroatoms. The zero-order chi connectivity index (χ0) is 34.8. The average Bonchev–Trinajstić information content (AvgIpc) is 3.69. The zero-order valence-electron chi connectivity index (χ0n) is 28.4. The van der Waals surface area contributed by atoms with Crippen LogP contribution in [0.1, 0.15) is 45.0 Å². The second-order valence-corrected chi connectivity index (χ2v) is 13.8. The molecule has 0 radical (unpaired) electrons. The van der Waals surface area contributed by atoms with Crippen LogP contribution in [0.4, 0.5) is 0 Å². The van der Waals surface area contributed by atoms with Crippen molar-refractivity contribution in [2.24, 2.45) is 0 Å². The fraction of sp³-hybridized carbons (Fsp3) is 0.302. The SMILES string of the molecule is Clc1c(CBr)cc([C@@H]2O[C@H](COCc3ccccc3)[C@@H](OCc3ccccc3)[C@H](OCc3ccccc3)[C@H]2OCc2ccccc2)c2c1OCC2. The summed E-state index contributed by atoms with van der Waals surface area (Å²) in [6.45, 7) is 2.41. The van der Waals surface area contributed by atoms with Crippen LogP contribution in [-0.2, 0) is 61.9 Å². The minimum Gasteiger partial charge on any atom is -0.491 e. The van der Waals surface area contributed by atoms with Crippen molar-refractivity contribution >= 4 is 27.5 Å². The molecule has 1 fully saturated rings. The van der Waals surface area contributed by atoms with Crippen LogP contribution in [0.3, 0.4) is 0 Å². The smallest absolute Gasteiger partial charge is 0.141 e. The van der Waals surface area contributed by atoms with E-state index in [-0.39, 0.29) is 0 Å². The first-order chi connectivity index (χ1) is 25.2. The molecule has 0 aromatic heterocycles. The maximum Gasteiger partial charge on any atom is 0.141 e. The van der Waals surface area contributed by atoms with Gasteiger partial charge in [0.1, 0.15) is 36.3 Å². The number of benzene rings is 5. The summed E-state index contributed by atoms with van der Waals surface area (Å²) in [6.07, 6.45) is -1.88. The molecule has 5 atom stereocenters. The molecular weight excluding hydrogens is 728 g/mol. The molecule has 2 aliphatic heterocycles. The summed E-state index contributed by atoms with van der Waals surface area (Å²) in [4.78, 5) is 0. The number of fused-ring (bicyclic) bond motifs is 1. The van der Waals surface area contributed by atoms with E-state index in [4.69, 9.17) is 40.0 Å². The molecule has 0 bridgehead atoms. The van der Waals surface area contributed by atoms with Crippen LogP contribution < -0.4 is 4.74 Å². The Labute approximate surface area is 313 Å². The monoisotopic (exact) mass is 768 g/mol. The molecule has 264 valence electrons. The topological polar surface area (TPSA) is 55.4 Å². The molecule has 5 aromatic carbocycles. The van der Waals surface area contributed by atoms with Gasteiger partial charge in [-0.05, 0) is 33.4 Å². The van der Waals surface area contributed by atoms with Gasteiger partial charge in [0, 0.05) is 17.3 Å². The summed E-state index contributed by atoms with van der Waals surface area (Å²) < 4.78 is 40.5. The summed E-state index contributed by atoms with van der Waals surface area (Å²) in [5.41, 5.74) is 7.21. The van der Waals surface area contributed by atoms with E-state index in [0.717, 1.165) is 51.1 Å². The highest BCUT2D eigenvalue weighted by Gasteiger charge is 2.50. The first-order valence-electron chi connectivity index (χ1n) is 17.4. The van der Waals surface area contributed by atoms with Gasteiger partial charge in [-0.2, -0.15) is 0 Å². The summed E-state index contributed by atoms with van der Waals surface area (Å²) >= 11 is 10.5. The number of ether oxygens (including phenoxy) is 6. The van der Waals surface area contributed by atoms with Gasteiger partial charge in [-0.1, -0.05) is 155 Å². The molecule has 2 aliphatic rings. The van der Waals surface area contributed by atoms with E-state index in [1.54, 1.807) is 0 Å². The lowest BCUT2D eigenvalue weighted by Crippen LogP contribution is -2.58. The van der Waals surface area contributed by atoms with E-state index in [9.17, 15) is 0 Å². The van der Waals surface area contributed by atoms with Crippen molar-refractivity contribution in [3.8, 4) is 5.75 Å². The van der Waals surface area contributed by atoms with Gasteiger partial charge in [-0.15, -0.1) is 0 Å². The molecule has 51 heavy (non-hydrogen) atoms. The largest absolute Gasteiger partial charge is 0.491 e. The molecule has 0 saturated carbocycles. The first-order valence-corrected chi connectivity index (χ1v) is 18.9. The Bertz CT molecular complexity index is 1810. The van der Waals surface area contributed by atoms with Crippen LogP contribution in [0.5, 0.6) is 5.75 Å². The normalized spacial score (nSPS) is 21.3. The second-order valence-electron chi connectivity index (χ2n) is 12.9. The lowest BCUT2D eigenvalue weighted by atomic mass is 9.87. The Hall–Kier alpha value is -3.53. The van der Waals surface area contributed by atoms with Crippen LogP contribution in [0.15, 0.2) is 127 Å². The number of hydrogen-bond donors (Lipinski definition) is 0. The van der Waals surface area contributed by atoms with Gasteiger partial charge in [-0.25, -0.2) is 0 Å². The molecule has 5 aromatic rings. The summed E-state index contributed by atoms with van der Waals surface area (Å²) in [5.74, 6) is 0.718. The van der Waals surface area contributed by atoms with Crippen molar-refractivity contribution in [2.75, 3.05) is 13.2 Å².